The number of sulfonamides is 1. The number of benzene rings is 1. The van der Waals surface area contributed by atoms with Crippen LogP contribution in [-0.4, -0.2) is 76.8 Å². The van der Waals surface area contributed by atoms with Crippen molar-refractivity contribution in [1.29, 1.82) is 0 Å². The molecule has 2 aromatic heterocycles. The lowest BCUT2D eigenvalue weighted by Gasteiger charge is -2.21. The van der Waals surface area contributed by atoms with Gasteiger partial charge in [-0.25, -0.2) is 8.42 Å². The highest BCUT2D eigenvalue weighted by atomic mass is 32.2. The number of aromatic nitrogens is 4. The van der Waals surface area contributed by atoms with Crippen molar-refractivity contribution < 1.29 is 17.9 Å². The van der Waals surface area contributed by atoms with Gasteiger partial charge in [0.2, 0.25) is 10.0 Å². The zero-order valence-electron chi connectivity index (χ0n) is 19.2. The van der Waals surface area contributed by atoms with E-state index in [1.807, 2.05) is 24.3 Å². The van der Waals surface area contributed by atoms with Crippen LogP contribution in [0.15, 0.2) is 35.2 Å². The normalized spacial score (nSPS) is 15.5. The number of hydrogen-bond acceptors (Lipinski definition) is 6. The number of carbonyl (C=O) groups is 1. The Balaban J connectivity index is 1.50. The Morgan fingerprint density at radius 1 is 1.12 bits per heavy atom. The first-order valence-electron chi connectivity index (χ1n) is 10.7. The van der Waals surface area contributed by atoms with Gasteiger partial charge in [-0.1, -0.05) is 12.1 Å². The first-order chi connectivity index (χ1) is 15.7. The Labute approximate surface area is 193 Å². The summed E-state index contributed by atoms with van der Waals surface area (Å²) in [4.78, 5) is 15.0. The summed E-state index contributed by atoms with van der Waals surface area (Å²) in [5.74, 6) is 0.455. The van der Waals surface area contributed by atoms with Crippen molar-refractivity contribution in [2.45, 2.75) is 25.2 Å². The van der Waals surface area contributed by atoms with Gasteiger partial charge in [-0.15, -0.1) is 0 Å². The Hall–Kier alpha value is -3.18. The number of nitrogens with zero attached hydrogens (tertiary/aromatic N) is 5. The van der Waals surface area contributed by atoms with Gasteiger partial charge in [0.25, 0.3) is 5.91 Å². The highest BCUT2D eigenvalue weighted by molar-refractivity contribution is 7.89. The topological polar surface area (TPSA) is 113 Å². The minimum absolute atomic E-state index is 0.211. The van der Waals surface area contributed by atoms with E-state index >= 15 is 0 Å². The number of carbonyl (C=O) groups excluding carboxylic acids is 1. The molecule has 1 fully saturated rings. The van der Waals surface area contributed by atoms with Gasteiger partial charge in [0, 0.05) is 38.8 Å². The van der Waals surface area contributed by atoms with Crippen LogP contribution in [0.1, 0.15) is 28.3 Å². The summed E-state index contributed by atoms with van der Waals surface area (Å²) >= 11 is 0. The third-order valence-electron chi connectivity index (χ3n) is 5.97. The standard InChI is InChI=1S/C22H28N6O4S/c1-15-21(16(2)26(3)25-15)33(30,31)28-11-7-10-27(12-13-28)22(29)19-14-18(23-24-19)17-8-5-6-9-20(17)32-4/h5-6,8-9,14H,7,10-13H2,1-4H3,(H,23,24). The Kier molecular flexibility index (Phi) is 6.26. The molecule has 3 aromatic rings. The quantitative estimate of drug-likeness (QED) is 0.607. The summed E-state index contributed by atoms with van der Waals surface area (Å²) < 4.78 is 35.0. The van der Waals surface area contributed by atoms with E-state index in [1.165, 1.54) is 4.31 Å². The Morgan fingerprint density at radius 3 is 2.58 bits per heavy atom. The number of hydrogen-bond donors (Lipinski definition) is 1. The maximum atomic E-state index is 13.3. The van der Waals surface area contributed by atoms with Gasteiger partial charge >= 0.3 is 0 Å². The van der Waals surface area contributed by atoms with Crippen LogP contribution >= 0.6 is 0 Å². The van der Waals surface area contributed by atoms with Gasteiger partial charge in [0.15, 0.2) is 0 Å². The van der Waals surface area contributed by atoms with Crippen molar-refractivity contribution in [2.24, 2.45) is 7.05 Å². The van der Waals surface area contributed by atoms with E-state index < -0.39 is 10.0 Å². The summed E-state index contributed by atoms with van der Waals surface area (Å²) in [5, 5.41) is 11.3. The van der Waals surface area contributed by atoms with Crippen molar-refractivity contribution in [3.63, 3.8) is 0 Å². The molecule has 0 radical (unpaired) electrons. The smallest absolute Gasteiger partial charge is 0.271 e. The summed E-state index contributed by atoms with van der Waals surface area (Å²) in [6.45, 7) is 4.76. The minimum atomic E-state index is -3.70. The molecule has 0 atom stereocenters. The average molecular weight is 473 g/mol. The van der Waals surface area contributed by atoms with Gasteiger partial charge in [0.05, 0.1) is 24.2 Å². The molecule has 1 aliphatic heterocycles. The molecule has 1 saturated heterocycles. The van der Waals surface area contributed by atoms with E-state index in [0.717, 1.165) is 5.56 Å². The molecule has 0 spiro atoms. The van der Waals surface area contributed by atoms with E-state index in [1.54, 1.807) is 43.7 Å². The molecule has 1 amide bonds. The number of rotatable bonds is 5. The average Bonchev–Trinajstić information content (AvgIpc) is 3.27. The third kappa shape index (κ3) is 4.25. The molecule has 0 bridgehead atoms. The van der Waals surface area contributed by atoms with E-state index in [-0.39, 0.29) is 17.3 Å². The Bertz CT molecular complexity index is 1280. The predicted molar refractivity (Wildman–Crippen MR) is 123 cm³/mol. The van der Waals surface area contributed by atoms with E-state index in [9.17, 15) is 13.2 Å². The van der Waals surface area contributed by atoms with Crippen LogP contribution in [0, 0.1) is 13.8 Å². The lowest BCUT2D eigenvalue weighted by atomic mass is 10.1. The fourth-order valence-corrected chi connectivity index (χ4v) is 6.06. The molecular formula is C22H28N6O4S. The summed E-state index contributed by atoms with van der Waals surface area (Å²) in [7, 11) is -0.385. The van der Waals surface area contributed by atoms with Crippen LogP contribution in [0.4, 0.5) is 0 Å². The van der Waals surface area contributed by atoms with Crippen LogP contribution in [0.5, 0.6) is 5.75 Å². The van der Waals surface area contributed by atoms with Crippen LogP contribution in [0.3, 0.4) is 0 Å². The highest BCUT2D eigenvalue weighted by Gasteiger charge is 2.33. The predicted octanol–water partition coefficient (Wildman–Crippen LogP) is 1.97. The first-order valence-corrected chi connectivity index (χ1v) is 12.2. The van der Waals surface area contributed by atoms with Crippen molar-refractivity contribution in [3.8, 4) is 17.0 Å². The molecule has 1 aromatic carbocycles. The summed E-state index contributed by atoms with van der Waals surface area (Å²) in [5.41, 5.74) is 2.83. The van der Waals surface area contributed by atoms with Gasteiger partial charge in [-0.05, 0) is 38.5 Å². The lowest BCUT2D eigenvalue weighted by Crippen LogP contribution is -2.37. The molecule has 176 valence electrons. The molecule has 3 heterocycles. The van der Waals surface area contributed by atoms with Gasteiger partial charge in [0.1, 0.15) is 16.3 Å². The largest absolute Gasteiger partial charge is 0.496 e. The van der Waals surface area contributed by atoms with E-state index in [4.69, 9.17) is 4.74 Å². The number of nitrogens with one attached hydrogen (secondary N) is 1. The maximum absolute atomic E-state index is 13.3. The molecule has 0 aliphatic carbocycles. The fourth-order valence-electron chi connectivity index (χ4n) is 4.19. The molecule has 0 unspecified atom stereocenters. The molecule has 33 heavy (non-hydrogen) atoms. The highest BCUT2D eigenvalue weighted by Crippen LogP contribution is 2.29. The molecule has 4 rings (SSSR count). The molecular weight excluding hydrogens is 444 g/mol. The molecule has 1 N–H and O–H groups in total. The summed E-state index contributed by atoms with van der Waals surface area (Å²) in [6.07, 6.45) is 0.539. The van der Waals surface area contributed by atoms with Crippen LogP contribution in [-0.2, 0) is 17.1 Å². The number of ether oxygens (including phenoxy) is 1. The molecule has 0 saturated carbocycles. The monoisotopic (exact) mass is 472 g/mol. The minimum Gasteiger partial charge on any atom is -0.496 e. The van der Waals surface area contributed by atoms with Crippen molar-refractivity contribution in [3.05, 3.63) is 47.4 Å². The second kappa shape index (κ2) is 8.99. The van der Waals surface area contributed by atoms with Crippen molar-refractivity contribution in [2.75, 3.05) is 33.3 Å². The number of para-hydroxylation sites is 1. The maximum Gasteiger partial charge on any atom is 0.271 e. The Morgan fingerprint density at radius 2 is 1.88 bits per heavy atom. The second-order valence-electron chi connectivity index (χ2n) is 8.04. The summed E-state index contributed by atoms with van der Waals surface area (Å²) in [6, 6.07) is 9.15. The van der Waals surface area contributed by atoms with Crippen LogP contribution < -0.4 is 4.74 Å². The first kappa shape index (κ1) is 23.0. The SMILES string of the molecule is COc1ccccc1-c1cc(C(=O)N2CCCN(S(=O)(=O)c3c(C)nn(C)c3C)CC2)[nH]n1. The second-order valence-corrected chi connectivity index (χ2v) is 9.92. The number of amides is 1. The fraction of sp³-hybridized carbons (Fsp3) is 0.409. The zero-order valence-corrected chi connectivity index (χ0v) is 20.0. The number of aryl methyl sites for hydroxylation is 2. The van der Waals surface area contributed by atoms with Gasteiger partial charge in [-0.2, -0.15) is 14.5 Å². The van der Waals surface area contributed by atoms with Gasteiger partial charge in [-0.3, -0.25) is 14.6 Å². The van der Waals surface area contributed by atoms with E-state index in [0.29, 0.717) is 54.6 Å². The lowest BCUT2D eigenvalue weighted by molar-refractivity contribution is 0.0758. The molecule has 1 aliphatic rings. The number of methoxy groups -OCH3 is 1. The number of aromatic amines is 1. The van der Waals surface area contributed by atoms with E-state index in [2.05, 4.69) is 15.3 Å². The van der Waals surface area contributed by atoms with Crippen molar-refractivity contribution in [1.82, 2.24) is 29.2 Å². The third-order valence-corrected chi connectivity index (χ3v) is 8.13. The van der Waals surface area contributed by atoms with Crippen LogP contribution in [0.2, 0.25) is 0 Å². The molecule has 11 heteroatoms. The zero-order chi connectivity index (χ0) is 23.8. The van der Waals surface area contributed by atoms with Gasteiger partial charge < -0.3 is 9.64 Å². The molecule has 10 nitrogen and oxygen atoms in total. The van der Waals surface area contributed by atoms with Crippen LogP contribution in [0.25, 0.3) is 11.3 Å². The van der Waals surface area contributed by atoms with Crippen molar-refractivity contribution >= 4 is 15.9 Å². The number of H-pyrrole nitrogens is 1.